The fraction of sp³-hybridized carbons (Fsp3) is 0.0625. The molecule has 5 nitrogen and oxygen atoms in total. The van der Waals surface area contributed by atoms with Gasteiger partial charge in [-0.2, -0.15) is 9.19 Å². The molecule has 1 N–H and O–H groups in total. The number of hydrogen-bond acceptors (Lipinski definition) is 4. The molecule has 0 aliphatic rings. The summed E-state index contributed by atoms with van der Waals surface area (Å²) in [6, 6.07) is 10.9. The number of hydrogen-bond donors (Lipinski definition) is 1. The third-order valence-electron chi connectivity index (χ3n) is 3.34. The van der Waals surface area contributed by atoms with Gasteiger partial charge in [-0.15, -0.1) is 3.89 Å². The molecule has 0 unspecified atom stereocenters. The lowest BCUT2D eigenvalue weighted by atomic mass is 10.1. The van der Waals surface area contributed by atoms with Crippen LogP contribution < -0.4 is 5.32 Å². The molecular weight excluding hydrogens is 315 g/mol. The van der Waals surface area contributed by atoms with Gasteiger partial charge in [0.15, 0.2) is 12.3 Å². The number of nitrogens with zero attached hydrogens (tertiary/aromatic N) is 3. The molecule has 0 spiro atoms. The first-order valence-corrected chi connectivity index (χ1v) is 7.49. The number of aryl methyl sites for hydroxylation is 1. The standard InChI is InChI=1S/C16H13FN4OS/c1-3-15(22)18-12-6-4-5-11(9-12)13-7-8-14-16(19-13)10(2)20-21(14)23-17/h3-9H,1H2,2H3,(H,18,22). The highest BCUT2D eigenvalue weighted by atomic mass is 32.2. The number of pyridine rings is 1. The lowest BCUT2D eigenvalue weighted by Crippen LogP contribution is -2.07. The van der Waals surface area contributed by atoms with E-state index in [1.54, 1.807) is 25.1 Å². The van der Waals surface area contributed by atoms with E-state index in [2.05, 4.69) is 22.0 Å². The molecule has 2 aromatic heterocycles. The zero-order chi connectivity index (χ0) is 16.4. The molecule has 116 valence electrons. The van der Waals surface area contributed by atoms with Crippen LogP contribution in [0.2, 0.25) is 0 Å². The van der Waals surface area contributed by atoms with Gasteiger partial charge in [-0.25, -0.2) is 4.98 Å². The summed E-state index contributed by atoms with van der Waals surface area (Å²) in [6.45, 7) is 5.21. The predicted octanol–water partition coefficient (Wildman–Crippen LogP) is 3.91. The zero-order valence-electron chi connectivity index (χ0n) is 12.3. The molecular formula is C16H13FN4OS. The van der Waals surface area contributed by atoms with Gasteiger partial charge in [0.05, 0.1) is 11.4 Å². The van der Waals surface area contributed by atoms with Crippen molar-refractivity contribution >= 4 is 35.0 Å². The zero-order valence-corrected chi connectivity index (χ0v) is 13.1. The highest BCUT2D eigenvalue weighted by Gasteiger charge is 2.11. The first-order valence-electron chi connectivity index (χ1n) is 6.81. The molecule has 3 aromatic rings. The van der Waals surface area contributed by atoms with Crippen molar-refractivity contribution in [3.8, 4) is 11.3 Å². The second kappa shape index (κ2) is 6.21. The Balaban J connectivity index is 2.03. The molecule has 23 heavy (non-hydrogen) atoms. The Morgan fingerprint density at radius 1 is 1.39 bits per heavy atom. The smallest absolute Gasteiger partial charge is 0.247 e. The Morgan fingerprint density at radius 2 is 2.22 bits per heavy atom. The summed E-state index contributed by atoms with van der Waals surface area (Å²) in [5.41, 5.74) is 4.14. The van der Waals surface area contributed by atoms with E-state index in [4.69, 9.17) is 0 Å². The maximum atomic E-state index is 12.8. The number of benzene rings is 1. The van der Waals surface area contributed by atoms with Crippen LogP contribution in [0, 0.1) is 6.92 Å². The fourth-order valence-electron chi connectivity index (χ4n) is 2.27. The normalized spacial score (nSPS) is 10.7. The summed E-state index contributed by atoms with van der Waals surface area (Å²) in [5.74, 6) is -0.275. The first-order chi connectivity index (χ1) is 11.1. The number of halogens is 1. The summed E-state index contributed by atoms with van der Waals surface area (Å²) >= 11 is 0.0412. The predicted molar refractivity (Wildman–Crippen MR) is 90.6 cm³/mol. The van der Waals surface area contributed by atoms with Crippen LogP contribution in [0.4, 0.5) is 9.57 Å². The minimum atomic E-state index is -0.275. The van der Waals surface area contributed by atoms with Gasteiger partial charge in [-0.3, -0.25) is 4.79 Å². The number of anilines is 1. The maximum Gasteiger partial charge on any atom is 0.247 e. The average Bonchev–Trinajstić information content (AvgIpc) is 2.90. The first kappa shape index (κ1) is 15.2. The van der Waals surface area contributed by atoms with Crippen molar-refractivity contribution < 1.29 is 8.68 Å². The summed E-state index contributed by atoms with van der Waals surface area (Å²) in [4.78, 5) is 15.9. The van der Waals surface area contributed by atoms with Crippen LogP contribution in [0.25, 0.3) is 22.3 Å². The Bertz CT molecular complexity index is 906. The third-order valence-corrected chi connectivity index (χ3v) is 3.75. The van der Waals surface area contributed by atoms with Gasteiger partial charge in [-0.05, 0) is 37.3 Å². The van der Waals surface area contributed by atoms with Gasteiger partial charge in [0, 0.05) is 11.3 Å². The van der Waals surface area contributed by atoms with Gasteiger partial charge in [0.1, 0.15) is 11.0 Å². The Kier molecular flexibility index (Phi) is 4.12. The number of aromatic nitrogens is 3. The Labute approximate surface area is 136 Å². The molecule has 0 atom stereocenters. The lowest BCUT2D eigenvalue weighted by molar-refractivity contribution is -0.111. The number of fused-ring (bicyclic) bond motifs is 1. The van der Waals surface area contributed by atoms with Gasteiger partial charge < -0.3 is 5.32 Å². The maximum absolute atomic E-state index is 12.8. The van der Waals surface area contributed by atoms with E-state index in [-0.39, 0.29) is 18.2 Å². The van der Waals surface area contributed by atoms with E-state index in [1.165, 1.54) is 10.2 Å². The number of rotatable bonds is 4. The number of carbonyl (C=O) groups is 1. The van der Waals surface area contributed by atoms with E-state index >= 15 is 0 Å². The Hall–Kier alpha value is -2.67. The SMILES string of the molecule is C=CC(=O)Nc1cccc(-c2ccc3c(n2)c(C)nn3SF)c1. The van der Waals surface area contributed by atoms with Crippen molar-refractivity contribution in [2.75, 3.05) is 5.32 Å². The van der Waals surface area contributed by atoms with Gasteiger partial charge >= 0.3 is 0 Å². The molecule has 0 fully saturated rings. The van der Waals surface area contributed by atoms with Gasteiger partial charge in [-0.1, -0.05) is 18.7 Å². The monoisotopic (exact) mass is 328 g/mol. The number of carbonyl (C=O) groups excluding carboxylic acids is 1. The molecule has 1 amide bonds. The van der Waals surface area contributed by atoms with Crippen molar-refractivity contribution in [2.24, 2.45) is 0 Å². The van der Waals surface area contributed by atoms with Gasteiger partial charge in [0.2, 0.25) is 5.91 Å². The highest BCUT2D eigenvalue weighted by Crippen LogP contribution is 2.26. The summed E-state index contributed by atoms with van der Waals surface area (Å²) in [6.07, 6.45) is 1.21. The van der Waals surface area contributed by atoms with E-state index in [0.29, 0.717) is 22.4 Å². The lowest BCUT2D eigenvalue weighted by Gasteiger charge is -2.06. The number of nitrogens with one attached hydrogen (secondary N) is 1. The van der Waals surface area contributed by atoms with Crippen molar-refractivity contribution in [1.29, 1.82) is 0 Å². The largest absolute Gasteiger partial charge is 0.323 e. The second-order valence-corrected chi connectivity index (χ2v) is 5.35. The molecule has 0 radical (unpaired) electrons. The quantitative estimate of drug-likeness (QED) is 0.738. The van der Waals surface area contributed by atoms with E-state index in [1.807, 2.05) is 18.2 Å². The minimum Gasteiger partial charge on any atom is -0.323 e. The molecule has 0 bridgehead atoms. The topological polar surface area (TPSA) is 59.8 Å². The number of amides is 1. The second-order valence-electron chi connectivity index (χ2n) is 4.87. The molecule has 0 aliphatic heterocycles. The van der Waals surface area contributed by atoms with Crippen molar-refractivity contribution in [1.82, 2.24) is 14.2 Å². The average molecular weight is 328 g/mol. The Morgan fingerprint density at radius 3 is 2.96 bits per heavy atom. The van der Waals surface area contributed by atoms with E-state index in [0.717, 1.165) is 11.3 Å². The molecule has 0 aliphatic carbocycles. The van der Waals surface area contributed by atoms with Gasteiger partial charge in [0.25, 0.3) is 0 Å². The van der Waals surface area contributed by atoms with Crippen LogP contribution in [0.5, 0.6) is 0 Å². The highest BCUT2D eigenvalue weighted by molar-refractivity contribution is 7.92. The van der Waals surface area contributed by atoms with Crippen LogP contribution in [0.15, 0.2) is 49.1 Å². The molecule has 7 heteroatoms. The molecule has 0 saturated carbocycles. The molecule has 1 aromatic carbocycles. The van der Waals surface area contributed by atoms with Crippen molar-refractivity contribution in [3.63, 3.8) is 0 Å². The fourth-order valence-corrected chi connectivity index (χ4v) is 2.65. The third kappa shape index (κ3) is 2.95. The van der Waals surface area contributed by atoms with Crippen LogP contribution in [0.3, 0.4) is 0 Å². The van der Waals surface area contributed by atoms with Crippen molar-refractivity contribution in [3.05, 3.63) is 54.7 Å². The molecule has 3 rings (SSSR count). The summed E-state index contributed by atoms with van der Waals surface area (Å²) < 4.78 is 14.0. The van der Waals surface area contributed by atoms with E-state index < -0.39 is 0 Å². The van der Waals surface area contributed by atoms with Crippen molar-refractivity contribution in [2.45, 2.75) is 6.92 Å². The minimum absolute atomic E-state index is 0.0412. The van der Waals surface area contributed by atoms with Crippen LogP contribution in [0.1, 0.15) is 5.69 Å². The molecule has 0 saturated heterocycles. The van der Waals surface area contributed by atoms with Crippen LogP contribution in [-0.4, -0.2) is 20.1 Å². The van der Waals surface area contributed by atoms with Crippen LogP contribution >= 0.6 is 12.3 Å². The molecule has 2 heterocycles. The van der Waals surface area contributed by atoms with E-state index in [9.17, 15) is 8.68 Å². The summed E-state index contributed by atoms with van der Waals surface area (Å²) in [5, 5.41) is 6.79. The summed E-state index contributed by atoms with van der Waals surface area (Å²) in [7, 11) is 0. The van der Waals surface area contributed by atoms with Crippen LogP contribution in [-0.2, 0) is 4.79 Å².